The van der Waals surface area contributed by atoms with Crippen molar-refractivity contribution < 1.29 is 31.3 Å². The van der Waals surface area contributed by atoms with Crippen molar-refractivity contribution in [3.05, 3.63) is 95.4 Å². The zero-order valence-electron chi connectivity index (χ0n) is 16.7. The number of esters is 1. The van der Waals surface area contributed by atoms with Gasteiger partial charge in [-0.2, -0.15) is 8.42 Å². The van der Waals surface area contributed by atoms with Crippen LogP contribution in [0.15, 0.2) is 88.4 Å². The molecule has 9 heteroatoms. The molecule has 1 aliphatic rings. The van der Waals surface area contributed by atoms with Crippen molar-refractivity contribution in [2.24, 2.45) is 4.99 Å². The lowest BCUT2D eigenvalue weighted by atomic mass is 10.1. The normalized spacial score (nSPS) is 14.8. The van der Waals surface area contributed by atoms with Gasteiger partial charge in [0.05, 0.1) is 7.11 Å². The van der Waals surface area contributed by atoms with Crippen LogP contribution in [0.3, 0.4) is 0 Å². The van der Waals surface area contributed by atoms with Gasteiger partial charge in [0.25, 0.3) is 0 Å². The third-order valence-corrected chi connectivity index (χ3v) is 5.66. The number of carbonyl (C=O) groups excluding carboxylic acids is 1. The van der Waals surface area contributed by atoms with Crippen molar-refractivity contribution in [1.29, 1.82) is 0 Å². The quantitative estimate of drug-likeness (QED) is 0.319. The van der Waals surface area contributed by atoms with E-state index in [1.807, 2.05) is 0 Å². The van der Waals surface area contributed by atoms with Gasteiger partial charge in [0.1, 0.15) is 10.7 Å². The minimum absolute atomic E-state index is 0.00108. The van der Waals surface area contributed by atoms with Crippen LogP contribution in [0.1, 0.15) is 11.1 Å². The zero-order valence-corrected chi connectivity index (χ0v) is 17.5. The van der Waals surface area contributed by atoms with Crippen LogP contribution < -0.4 is 8.92 Å². The predicted molar refractivity (Wildman–Crippen MR) is 114 cm³/mol. The number of halogens is 1. The summed E-state index contributed by atoms with van der Waals surface area (Å²) in [6.45, 7) is 0. The van der Waals surface area contributed by atoms with Crippen LogP contribution in [0, 0.1) is 5.82 Å². The lowest BCUT2D eigenvalue weighted by Gasteiger charge is -2.11. The van der Waals surface area contributed by atoms with Gasteiger partial charge in [-0.15, -0.1) is 0 Å². The van der Waals surface area contributed by atoms with E-state index >= 15 is 0 Å². The van der Waals surface area contributed by atoms with Crippen LogP contribution in [-0.2, 0) is 19.6 Å². The minimum atomic E-state index is -4.05. The Balaban J connectivity index is 1.62. The number of cyclic esters (lactones) is 1. The summed E-state index contributed by atoms with van der Waals surface area (Å²) in [6, 6.07) is 17.7. The van der Waals surface area contributed by atoms with Crippen molar-refractivity contribution in [1.82, 2.24) is 0 Å². The van der Waals surface area contributed by atoms with Gasteiger partial charge in [-0.3, -0.25) is 0 Å². The molecule has 1 heterocycles. The average molecular weight is 453 g/mol. The summed E-state index contributed by atoms with van der Waals surface area (Å²) in [5.74, 6) is -1.07. The fourth-order valence-electron chi connectivity index (χ4n) is 2.91. The van der Waals surface area contributed by atoms with Crippen LogP contribution in [-0.4, -0.2) is 27.4 Å². The first-order valence-electron chi connectivity index (χ1n) is 9.32. The largest absolute Gasteiger partial charge is 0.493 e. The van der Waals surface area contributed by atoms with E-state index in [4.69, 9.17) is 13.7 Å². The SMILES string of the molecule is COc1cc(/C=C2\N=C(c3cccc(F)c3)OC2=O)ccc1OS(=O)(=O)c1ccccc1. The minimum Gasteiger partial charge on any atom is -0.493 e. The van der Waals surface area contributed by atoms with Crippen LogP contribution in [0.2, 0.25) is 0 Å². The number of ether oxygens (including phenoxy) is 2. The fraction of sp³-hybridized carbons (Fsp3) is 0.0435. The van der Waals surface area contributed by atoms with Gasteiger partial charge < -0.3 is 13.7 Å². The fourth-order valence-corrected chi connectivity index (χ4v) is 3.87. The molecule has 0 amide bonds. The number of hydrogen-bond donors (Lipinski definition) is 0. The molecule has 0 saturated carbocycles. The molecule has 1 aliphatic heterocycles. The zero-order chi connectivity index (χ0) is 22.7. The Bertz CT molecular complexity index is 1350. The Morgan fingerprint density at radius 1 is 0.969 bits per heavy atom. The number of methoxy groups -OCH3 is 1. The number of rotatable bonds is 6. The summed E-state index contributed by atoms with van der Waals surface area (Å²) < 4.78 is 54.0. The van der Waals surface area contributed by atoms with Gasteiger partial charge in [-0.25, -0.2) is 14.2 Å². The van der Waals surface area contributed by atoms with Crippen molar-refractivity contribution in [3.63, 3.8) is 0 Å². The highest BCUT2D eigenvalue weighted by Gasteiger charge is 2.25. The second-order valence-electron chi connectivity index (χ2n) is 6.61. The summed E-state index contributed by atoms with van der Waals surface area (Å²) in [5, 5.41) is 0. The number of benzene rings is 3. The molecule has 0 unspecified atom stereocenters. The monoisotopic (exact) mass is 453 g/mol. The van der Waals surface area contributed by atoms with E-state index in [1.165, 1.54) is 61.7 Å². The first kappa shape index (κ1) is 21.3. The van der Waals surface area contributed by atoms with E-state index in [0.717, 1.165) is 0 Å². The van der Waals surface area contributed by atoms with Gasteiger partial charge in [-0.05, 0) is 54.1 Å². The van der Waals surface area contributed by atoms with Gasteiger partial charge in [-0.1, -0.05) is 30.3 Å². The molecule has 0 bridgehead atoms. The van der Waals surface area contributed by atoms with Crippen molar-refractivity contribution in [2.75, 3.05) is 7.11 Å². The summed E-state index contributed by atoms with van der Waals surface area (Å²) in [6.07, 6.45) is 1.44. The molecule has 3 aromatic carbocycles. The highest BCUT2D eigenvalue weighted by molar-refractivity contribution is 7.87. The predicted octanol–water partition coefficient (Wildman–Crippen LogP) is 3.95. The standard InChI is InChI=1S/C23H16FNO6S/c1-29-21-13-15(10-11-20(21)31-32(27,28)18-8-3-2-4-9-18)12-19-23(26)30-22(25-19)16-6-5-7-17(24)14-16/h2-14H,1H3/b19-12-. The maximum Gasteiger partial charge on any atom is 0.363 e. The molecule has 4 rings (SSSR count). The molecule has 0 aromatic heterocycles. The molecule has 0 atom stereocenters. The average Bonchev–Trinajstić information content (AvgIpc) is 3.15. The molecule has 0 saturated heterocycles. The summed E-state index contributed by atoms with van der Waals surface area (Å²) >= 11 is 0. The first-order chi connectivity index (χ1) is 15.4. The number of hydrogen-bond acceptors (Lipinski definition) is 7. The lowest BCUT2D eigenvalue weighted by Crippen LogP contribution is -2.10. The molecule has 0 radical (unpaired) electrons. The van der Waals surface area contributed by atoms with Gasteiger partial charge in [0, 0.05) is 5.56 Å². The van der Waals surface area contributed by atoms with E-state index in [1.54, 1.807) is 24.3 Å². The second kappa shape index (κ2) is 8.64. The smallest absolute Gasteiger partial charge is 0.363 e. The van der Waals surface area contributed by atoms with E-state index in [0.29, 0.717) is 11.1 Å². The van der Waals surface area contributed by atoms with Gasteiger partial charge in [0.15, 0.2) is 17.2 Å². The van der Waals surface area contributed by atoms with E-state index < -0.39 is 21.9 Å². The first-order valence-corrected chi connectivity index (χ1v) is 10.7. The van der Waals surface area contributed by atoms with Crippen molar-refractivity contribution >= 4 is 28.1 Å². The van der Waals surface area contributed by atoms with Crippen molar-refractivity contribution in [3.8, 4) is 11.5 Å². The third-order valence-electron chi connectivity index (χ3n) is 4.41. The molecule has 0 aliphatic carbocycles. The summed E-state index contributed by atoms with van der Waals surface area (Å²) in [5.41, 5.74) is 0.814. The Labute approximate surface area is 183 Å². The molecule has 3 aromatic rings. The third kappa shape index (κ3) is 4.52. The van der Waals surface area contributed by atoms with Gasteiger partial charge in [0.2, 0.25) is 5.90 Å². The molecule has 7 nitrogen and oxygen atoms in total. The molecule has 0 spiro atoms. The van der Waals surface area contributed by atoms with E-state index in [-0.39, 0.29) is 28.0 Å². The lowest BCUT2D eigenvalue weighted by molar-refractivity contribution is -0.129. The summed E-state index contributed by atoms with van der Waals surface area (Å²) in [4.78, 5) is 16.3. The molecule has 162 valence electrons. The second-order valence-corrected chi connectivity index (χ2v) is 8.15. The van der Waals surface area contributed by atoms with E-state index in [9.17, 15) is 17.6 Å². The highest BCUT2D eigenvalue weighted by Crippen LogP contribution is 2.32. The number of aliphatic imine (C=N–C) groups is 1. The number of carbonyl (C=O) groups is 1. The highest BCUT2D eigenvalue weighted by atomic mass is 32.2. The molecule has 0 N–H and O–H groups in total. The molecule has 0 fully saturated rings. The Hall–Kier alpha value is -3.98. The Morgan fingerprint density at radius 3 is 2.47 bits per heavy atom. The number of nitrogens with zero attached hydrogens (tertiary/aromatic N) is 1. The molecular formula is C23H16FNO6S. The Morgan fingerprint density at radius 2 is 1.75 bits per heavy atom. The van der Waals surface area contributed by atoms with Crippen molar-refractivity contribution in [2.45, 2.75) is 4.90 Å². The van der Waals surface area contributed by atoms with Crippen LogP contribution in [0.25, 0.3) is 6.08 Å². The maximum absolute atomic E-state index is 13.4. The summed E-state index contributed by atoms with van der Waals surface area (Å²) in [7, 11) is -2.69. The van der Waals surface area contributed by atoms with Crippen LogP contribution in [0.5, 0.6) is 11.5 Å². The van der Waals surface area contributed by atoms with Gasteiger partial charge >= 0.3 is 16.1 Å². The molecule has 32 heavy (non-hydrogen) atoms. The topological polar surface area (TPSA) is 91.3 Å². The maximum atomic E-state index is 13.4. The Kier molecular flexibility index (Phi) is 5.74. The van der Waals surface area contributed by atoms with E-state index in [2.05, 4.69) is 4.99 Å². The molecular weight excluding hydrogens is 437 g/mol. The van der Waals surface area contributed by atoms with Crippen LogP contribution >= 0.6 is 0 Å². The van der Waals surface area contributed by atoms with Crippen LogP contribution in [0.4, 0.5) is 4.39 Å².